The number of ether oxygens (including phenoxy) is 6. The number of benzene rings is 3. The molecule has 2 saturated carbocycles. The molecule has 7 rings (SSSR count). The van der Waals surface area contributed by atoms with Gasteiger partial charge in [-0.05, 0) is 99.8 Å². The van der Waals surface area contributed by atoms with Crippen LogP contribution in [0.2, 0.25) is 0 Å². The molecule has 3 fully saturated rings. The summed E-state index contributed by atoms with van der Waals surface area (Å²) in [6.07, 6.45) is 19.4. The van der Waals surface area contributed by atoms with Crippen molar-refractivity contribution in [1.29, 1.82) is 0 Å². The molecule has 1 saturated heterocycles. The predicted molar refractivity (Wildman–Crippen MR) is 319 cm³/mol. The van der Waals surface area contributed by atoms with Crippen molar-refractivity contribution in [1.82, 2.24) is 5.32 Å². The third kappa shape index (κ3) is 14.8. The van der Waals surface area contributed by atoms with E-state index in [9.17, 15) is 34.2 Å². The van der Waals surface area contributed by atoms with E-state index in [1.54, 1.807) is 92.7 Å². The molecule has 0 radical (unpaired) electrons. The Balaban J connectivity index is 1.21. The second-order valence-electron chi connectivity index (χ2n) is 22.8. The zero-order valence-electron chi connectivity index (χ0n) is 49.7. The average molecular weight is 1160 g/mol. The molecule has 1 aliphatic heterocycles. The maximum absolute atomic E-state index is 15.8. The summed E-state index contributed by atoms with van der Waals surface area (Å²) in [5, 5.41) is 29.2. The molecule has 11 atom stereocenters. The highest BCUT2D eigenvalue weighted by Crippen LogP contribution is 2.64. The number of aliphatic hydroxyl groups is 2. The summed E-state index contributed by atoms with van der Waals surface area (Å²) in [7, 11) is 0. The van der Waals surface area contributed by atoms with E-state index in [1.807, 2.05) is 18.2 Å². The molecule has 2 bridgehead atoms. The van der Waals surface area contributed by atoms with Gasteiger partial charge in [-0.2, -0.15) is 0 Å². The van der Waals surface area contributed by atoms with Gasteiger partial charge < -0.3 is 44.0 Å². The Bertz CT molecular complexity index is 3070. The molecule has 452 valence electrons. The van der Waals surface area contributed by atoms with Crippen molar-refractivity contribution in [2.24, 2.45) is 16.7 Å². The highest BCUT2D eigenvalue weighted by molar-refractivity contribution is 5.96. The van der Waals surface area contributed by atoms with Crippen molar-refractivity contribution in [3.05, 3.63) is 192 Å². The number of rotatable bonds is 25. The molecule has 0 spiro atoms. The van der Waals surface area contributed by atoms with Crippen LogP contribution < -0.4 is 5.32 Å². The smallest absolute Gasteiger partial charge is 0.350 e. The lowest BCUT2D eigenvalue weighted by Crippen LogP contribution is -2.82. The highest BCUT2D eigenvalue weighted by atomic mass is 16.6. The van der Waals surface area contributed by atoms with E-state index in [4.69, 9.17) is 28.4 Å². The van der Waals surface area contributed by atoms with Crippen LogP contribution in [0.1, 0.15) is 145 Å². The van der Waals surface area contributed by atoms with E-state index in [1.165, 1.54) is 26.0 Å². The Morgan fingerprint density at radius 2 is 1.24 bits per heavy atom. The first-order chi connectivity index (χ1) is 40.7. The topological polar surface area (TPSA) is 227 Å². The van der Waals surface area contributed by atoms with Crippen molar-refractivity contribution in [2.75, 3.05) is 6.61 Å². The largest absolute Gasteiger partial charge is 0.455 e. The molecule has 4 aliphatic rings. The molecule has 3 aliphatic carbocycles. The zero-order chi connectivity index (χ0) is 61.4. The first-order valence-electron chi connectivity index (χ1n) is 29.3. The summed E-state index contributed by atoms with van der Waals surface area (Å²) >= 11 is 0. The second-order valence-corrected chi connectivity index (χ2v) is 22.8. The summed E-state index contributed by atoms with van der Waals surface area (Å²) in [5.74, 6) is -7.73. The number of ketones is 1. The van der Waals surface area contributed by atoms with E-state index in [-0.39, 0.29) is 48.1 Å². The van der Waals surface area contributed by atoms with E-state index >= 15 is 9.59 Å². The van der Waals surface area contributed by atoms with Crippen molar-refractivity contribution in [2.45, 2.75) is 167 Å². The number of aliphatic hydroxyl groups excluding tert-OH is 1. The second kappa shape index (κ2) is 29.3. The quantitative estimate of drug-likeness (QED) is 0.0407. The van der Waals surface area contributed by atoms with Gasteiger partial charge in [0.15, 0.2) is 17.5 Å². The summed E-state index contributed by atoms with van der Waals surface area (Å²) in [6.45, 7) is 10.1. The van der Waals surface area contributed by atoms with Gasteiger partial charge in [0.05, 0.1) is 29.6 Å². The van der Waals surface area contributed by atoms with Gasteiger partial charge in [0.25, 0.3) is 5.91 Å². The number of esters is 5. The molecular formula is C69H81NO15. The van der Waals surface area contributed by atoms with Crippen molar-refractivity contribution >= 4 is 41.5 Å². The summed E-state index contributed by atoms with van der Waals surface area (Å²) in [6, 6.07) is 23.1. The maximum Gasteiger partial charge on any atom is 0.350 e. The molecule has 1 heterocycles. The van der Waals surface area contributed by atoms with E-state index in [2.05, 4.69) is 66.9 Å². The van der Waals surface area contributed by atoms with Crippen LogP contribution in [0.15, 0.2) is 175 Å². The Labute approximate surface area is 498 Å². The molecule has 16 heteroatoms. The average Bonchev–Trinajstić information content (AvgIpc) is 0.686. The van der Waals surface area contributed by atoms with Crippen LogP contribution in [0.4, 0.5) is 0 Å². The summed E-state index contributed by atoms with van der Waals surface area (Å²) in [4.78, 5) is 101. The number of nitrogens with one attached hydrogen (secondary N) is 1. The Morgan fingerprint density at radius 3 is 1.75 bits per heavy atom. The summed E-state index contributed by atoms with van der Waals surface area (Å²) < 4.78 is 37.2. The fourth-order valence-corrected chi connectivity index (χ4v) is 12.3. The molecule has 3 aromatic carbocycles. The molecule has 1 unspecified atom stereocenters. The van der Waals surface area contributed by atoms with Gasteiger partial charge in [-0.1, -0.05) is 160 Å². The normalized spacial score (nSPS) is 27.0. The maximum atomic E-state index is 15.8. The van der Waals surface area contributed by atoms with Gasteiger partial charge in [-0.3, -0.25) is 24.0 Å². The van der Waals surface area contributed by atoms with E-state index in [0.29, 0.717) is 12.0 Å². The van der Waals surface area contributed by atoms with Crippen LogP contribution in [0.3, 0.4) is 0 Å². The Kier molecular flexibility index (Phi) is 22.4. The minimum Gasteiger partial charge on any atom is -0.455 e. The first-order valence-corrected chi connectivity index (χ1v) is 29.3. The molecule has 85 heavy (non-hydrogen) atoms. The molecule has 3 aromatic rings. The number of Topliss-reactive ketones (excluding diaryl/α,β-unsaturated/α-hetero) is 1. The van der Waals surface area contributed by atoms with Crippen LogP contribution in [-0.2, 0) is 52.4 Å². The van der Waals surface area contributed by atoms with Gasteiger partial charge in [0, 0.05) is 44.1 Å². The number of hydrogen-bond acceptors (Lipinski definition) is 15. The first kappa shape index (κ1) is 64.8. The lowest BCUT2D eigenvalue weighted by Gasteiger charge is -2.67. The molecule has 1 amide bonds. The van der Waals surface area contributed by atoms with Gasteiger partial charge >= 0.3 is 29.8 Å². The Morgan fingerprint density at radius 1 is 0.706 bits per heavy atom. The number of hydrogen-bond donors (Lipinski definition) is 3. The van der Waals surface area contributed by atoms with Gasteiger partial charge in [-0.15, -0.1) is 0 Å². The lowest BCUT2D eigenvalue weighted by molar-refractivity contribution is -0.346. The lowest BCUT2D eigenvalue weighted by atomic mass is 9.44. The van der Waals surface area contributed by atoms with E-state index < -0.39 is 119 Å². The SMILES string of the molecule is CC/C=C\C/C=C\C/C=C\C/C=C\C/C=C\C/C=C\CCC(=O)O[C@@H](C(=O)O[C@H]1C[C@@]2(O)[C@@H](OC(=O)c3ccccc3)C3[C@](C)(C(=O)[C@H](OC(C)=O)C(=C1C)C2(C)C)[C@@H](O)C[C@H]1OC[C@@]31OC(C)=O)[C@@H](NC(=O)c1ccccc1)c1ccccc1. The van der Waals surface area contributed by atoms with Crippen LogP contribution in [0.25, 0.3) is 0 Å². The number of fused-ring (bicyclic) bond motifs is 5. The van der Waals surface area contributed by atoms with Gasteiger partial charge in [0.2, 0.25) is 6.10 Å². The van der Waals surface area contributed by atoms with Crippen molar-refractivity contribution in [3.8, 4) is 0 Å². The molecule has 3 N–H and O–H groups in total. The predicted octanol–water partition coefficient (Wildman–Crippen LogP) is 10.8. The van der Waals surface area contributed by atoms with Crippen LogP contribution in [0, 0.1) is 16.7 Å². The molecule has 16 nitrogen and oxygen atoms in total. The monoisotopic (exact) mass is 1160 g/mol. The fourth-order valence-electron chi connectivity index (χ4n) is 12.3. The Hall–Kier alpha value is -7.79. The number of carbonyl (C=O) groups excluding carboxylic acids is 7. The third-order valence-corrected chi connectivity index (χ3v) is 16.8. The van der Waals surface area contributed by atoms with Gasteiger partial charge in [0.1, 0.15) is 30.0 Å². The fraction of sp³-hybridized carbons (Fsp3) is 0.435. The molecular weight excluding hydrogens is 1080 g/mol. The van der Waals surface area contributed by atoms with Crippen molar-refractivity contribution in [3.63, 3.8) is 0 Å². The van der Waals surface area contributed by atoms with Crippen LogP contribution in [-0.4, -0.2) is 106 Å². The van der Waals surface area contributed by atoms with Crippen LogP contribution in [0.5, 0.6) is 0 Å². The standard InChI is InChI=1S/C69H81NO15/c1-8-9-10-11-12-13-14-15-16-17-18-19-20-21-22-23-24-25-35-42-55(74)83-59(57(49-36-29-26-30-37-49)70-63(76)50-38-31-27-32-39-50)65(78)82-52-44-69(79)62(84-64(77)51-40-33-28-34-41-51)60-67(7,53(73)43-54-68(60,45-80-54)85-48(4)72)61(75)58(81-47(3)71)56(46(52)2)66(69,5)6/h9-10,12-13,15-16,18-19,21-22,24-34,36-41,52-54,57-60,62,73,79H,8,11,14,17,20,23,35,42-45H2,1-7H3,(H,70,76)/b10-9-,13-12-,16-15-,19-18-,22-21-,25-24-/t52-,53-,54+,57-,58+,59+,60?,62-,67+,68-,69+/m0/s1. The van der Waals surface area contributed by atoms with E-state index in [0.717, 1.165) is 46.0 Å². The minimum atomic E-state index is -2.46. The minimum absolute atomic E-state index is 0.0256. The summed E-state index contributed by atoms with van der Waals surface area (Å²) in [5.41, 5.74) is -7.33. The van der Waals surface area contributed by atoms with Gasteiger partial charge in [-0.25, -0.2) is 9.59 Å². The van der Waals surface area contributed by atoms with Crippen LogP contribution >= 0.6 is 0 Å². The van der Waals surface area contributed by atoms with Crippen molar-refractivity contribution < 1.29 is 72.2 Å². The molecule has 0 aromatic heterocycles. The number of carbonyl (C=O) groups is 7. The highest BCUT2D eigenvalue weighted by Gasteiger charge is 2.78. The number of amides is 1. The third-order valence-electron chi connectivity index (χ3n) is 16.8. The zero-order valence-corrected chi connectivity index (χ0v) is 49.7. The number of allylic oxidation sites excluding steroid dienone is 12.